The first-order chi connectivity index (χ1) is 14.7. The molecule has 0 bridgehead atoms. The predicted octanol–water partition coefficient (Wildman–Crippen LogP) is 6.03. The second-order valence-corrected chi connectivity index (χ2v) is 9.80. The van der Waals surface area contributed by atoms with Crippen molar-refractivity contribution in [3.8, 4) is 5.75 Å². The van der Waals surface area contributed by atoms with E-state index in [1.165, 1.54) is 11.3 Å². The van der Waals surface area contributed by atoms with Crippen molar-refractivity contribution in [1.82, 2.24) is 5.43 Å². The molecule has 0 saturated heterocycles. The molecule has 0 aliphatic carbocycles. The number of hydrazone groups is 1. The number of hydrogen-bond donors (Lipinski definition) is 1. The molecule has 6 heteroatoms. The van der Waals surface area contributed by atoms with E-state index in [0.717, 1.165) is 35.0 Å². The Bertz CT molecular complexity index is 1000. The lowest BCUT2D eigenvalue weighted by Gasteiger charge is -2.48. The van der Waals surface area contributed by atoms with Gasteiger partial charge in [0.05, 0.1) is 18.9 Å². The number of fused-ring (bicyclic) bond motifs is 1. The van der Waals surface area contributed by atoms with E-state index >= 15 is 0 Å². The summed E-state index contributed by atoms with van der Waals surface area (Å²) in [6.45, 7) is 12.3. The minimum absolute atomic E-state index is 0.140. The van der Waals surface area contributed by atoms with Crippen LogP contribution in [-0.2, 0) is 0 Å². The van der Waals surface area contributed by atoms with E-state index in [1.807, 2.05) is 6.07 Å². The van der Waals surface area contributed by atoms with E-state index in [9.17, 15) is 4.79 Å². The Hall–Kier alpha value is -2.34. The number of aryl methyl sites for hydroxylation is 1. The van der Waals surface area contributed by atoms with Crippen LogP contribution in [-0.4, -0.2) is 31.3 Å². The molecule has 1 atom stereocenters. The van der Waals surface area contributed by atoms with E-state index in [4.69, 9.17) is 4.74 Å². The number of benzene rings is 2. The molecule has 1 heterocycles. The van der Waals surface area contributed by atoms with Crippen LogP contribution in [0.1, 0.15) is 73.5 Å². The van der Waals surface area contributed by atoms with Gasteiger partial charge in [0.25, 0.3) is 5.91 Å². The molecule has 0 aromatic heterocycles. The van der Waals surface area contributed by atoms with Crippen molar-refractivity contribution < 1.29 is 9.53 Å². The van der Waals surface area contributed by atoms with Crippen molar-refractivity contribution in [1.29, 1.82) is 0 Å². The smallest absolute Gasteiger partial charge is 0.275 e. The van der Waals surface area contributed by atoms with E-state index in [2.05, 4.69) is 78.1 Å². The van der Waals surface area contributed by atoms with Gasteiger partial charge < -0.3 is 9.64 Å². The first-order valence-electron chi connectivity index (χ1n) is 10.8. The van der Waals surface area contributed by atoms with Crippen molar-refractivity contribution >= 4 is 33.7 Å². The number of halogens is 1. The Kier molecular flexibility index (Phi) is 7.10. The first kappa shape index (κ1) is 23.3. The third kappa shape index (κ3) is 4.95. The van der Waals surface area contributed by atoms with Crippen molar-refractivity contribution in [3.05, 3.63) is 57.1 Å². The molecule has 0 fully saturated rings. The molecule has 0 saturated carbocycles. The lowest BCUT2D eigenvalue weighted by atomic mass is 9.79. The highest BCUT2D eigenvalue weighted by atomic mass is 79.9. The van der Waals surface area contributed by atoms with E-state index < -0.39 is 0 Å². The van der Waals surface area contributed by atoms with Crippen LogP contribution in [0.25, 0.3) is 0 Å². The van der Waals surface area contributed by atoms with E-state index in [-0.39, 0.29) is 11.4 Å². The third-order valence-corrected chi connectivity index (χ3v) is 6.49. The number of carbonyl (C=O) groups excluding carboxylic acids is 1. The zero-order chi connectivity index (χ0) is 22.8. The van der Waals surface area contributed by atoms with Crippen LogP contribution in [0.4, 0.5) is 5.69 Å². The molecule has 2 aromatic carbocycles. The Morgan fingerprint density at radius 1 is 1.35 bits per heavy atom. The number of anilines is 1. The fraction of sp³-hybridized carbons (Fsp3) is 0.440. The van der Waals surface area contributed by atoms with Crippen molar-refractivity contribution in [3.63, 3.8) is 0 Å². The fourth-order valence-corrected chi connectivity index (χ4v) is 4.88. The fourth-order valence-electron chi connectivity index (χ4n) is 4.52. The molecule has 31 heavy (non-hydrogen) atoms. The number of nitrogens with zero attached hydrogens (tertiary/aromatic N) is 2. The zero-order valence-electron chi connectivity index (χ0n) is 19.3. The summed E-state index contributed by atoms with van der Waals surface area (Å²) in [5.74, 6) is 0.661. The van der Waals surface area contributed by atoms with Crippen molar-refractivity contribution in [2.75, 3.05) is 18.6 Å². The van der Waals surface area contributed by atoms with Crippen LogP contribution in [0.2, 0.25) is 0 Å². The normalized spacial score (nSPS) is 17.5. The van der Waals surface area contributed by atoms with Crippen LogP contribution in [0, 0.1) is 6.92 Å². The number of carbonyl (C=O) groups is 1. The van der Waals surface area contributed by atoms with Gasteiger partial charge in [-0.1, -0.05) is 29.8 Å². The lowest BCUT2D eigenvalue weighted by molar-refractivity contribution is 0.0952. The molecular formula is C25H32BrN3O2. The summed E-state index contributed by atoms with van der Waals surface area (Å²) in [6, 6.07) is 9.80. The quantitative estimate of drug-likeness (QED) is 0.401. The van der Waals surface area contributed by atoms with Gasteiger partial charge in [-0.05, 0) is 86.6 Å². The van der Waals surface area contributed by atoms with Gasteiger partial charge in [-0.2, -0.15) is 5.10 Å². The Labute approximate surface area is 194 Å². The third-order valence-electron chi connectivity index (χ3n) is 6.00. The highest BCUT2D eigenvalue weighted by Gasteiger charge is 2.36. The highest BCUT2D eigenvalue weighted by molar-refractivity contribution is 9.10. The van der Waals surface area contributed by atoms with Gasteiger partial charge in [-0.25, -0.2) is 5.43 Å². The molecule has 0 radical (unpaired) electrons. The lowest BCUT2D eigenvalue weighted by Crippen LogP contribution is -2.48. The number of nitrogens with one attached hydrogen (secondary N) is 1. The molecule has 1 unspecified atom stereocenters. The van der Waals surface area contributed by atoms with Gasteiger partial charge in [-0.15, -0.1) is 0 Å². The molecule has 1 N–H and O–H groups in total. The maximum absolute atomic E-state index is 12.6. The maximum Gasteiger partial charge on any atom is 0.275 e. The standard InChI is InChI=1S/C25H32BrN3O2/c1-7-10-29-22-11-16(2)18(12-20(22)17(3)14-25(29,4)5)15-27-28-24(30)21-13-19(26)8-9-23(21)31-6/h8-9,11-13,15,17H,7,10,14H2,1-6H3,(H,28,30)/b27-15-. The van der Waals surface area contributed by atoms with Gasteiger partial charge in [-0.3, -0.25) is 4.79 Å². The summed E-state index contributed by atoms with van der Waals surface area (Å²) >= 11 is 3.39. The van der Waals surface area contributed by atoms with Crippen LogP contribution >= 0.6 is 15.9 Å². The number of methoxy groups -OCH3 is 1. The SMILES string of the molecule is CCCN1c2cc(C)c(/C=N\NC(=O)c3cc(Br)ccc3OC)cc2C(C)CC1(C)C. The van der Waals surface area contributed by atoms with Crippen LogP contribution < -0.4 is 15.1 Å². The Morgan fingerprint density at radius 2 is 2.10 bits per heavy atom. The minimum Gasteiger partial charge on any atom is -0.496 e. The summed E-state index contributed by atoms with van der Waals surface area (Å²) in [5.41, 5.74) is 8.03. The average molecular weight is 486 g/mol. The van der Waals surface area contributed by atoms with Gasteiger partial charge in [0.15, 0.2) is 0 Å². The average Bonchev–Trinajstić information content (AvgIpc) is 2.71. The summed E-state index contributed by atoms with van der Waals surface area (Å²) in [6.07, 6.45) is 3.96. The molecule has 2 aromatic rings. The van der Waals surface area contributed by atoms with Crippen molar-refractivity contribution in [2.24, 2.45) is 5.10 Å². The van der Waals surface area contributed by atoms with Crippen LogP contribution in [0.3, 0.4) is 0 Å². The van der Waals surface area contributed by atoms with Gasteiger partial charge >= 0.3 is 0 Å². The predicted molar refractivity (Wildman–Crippen MR) is 132 cm³/mol. The van der Waals surface area contributed by atoms with Gasteiger partial charge in [0.2, 0.25) is 0 Å². The van der Waals surface area contributed by atoms with Crippen LogP contribution in [0.15, 0.2) is 39.9 Å². The van der Waals surface area contributed by atoms with Gasteiger partial charge in [0, 0.05) is 22.2 Å². The largest absolute Gasteiger partial charge is 0.496 e. The molecule has 5 nitrogen and oxygen atoms in total. The summed E-state index contributed by atoms with van der Waals surface area (Å²) in [4.78, 5) is 15.1. The minimum atomic E-state index is -0.311. The van der Waals surface area contributed by atoms with E-state index in [1.54, 1.807) is 25.5 Å². The molecule has 1 aliphatic rings. The maximum atomic E-state index is 12.6. The summed E-state index contributed by atoms with van der Waals surface area (Å²) in [7, 11) is 1.55. The second-order valence-electron chi connectivity index (χ2n) is 8.88. The number of ether oxygens (including phenoxy) is 1. The molecule has 0 spiro atoms. The second kappa shape index (κ2) is 9.43. The molecular weight excluding hydrogens is 454 g/mol. The first-order valence-corrected chi connectivity index (χ1v) is 11.6. The topological polar surface area (TPSA) is 53.9 Å². The number of amides is 1. The van der Waals surface area contributed by atoms with Crippen LogP contribution in [0.5, 0.6) is 5.75 Å². The highest BCUT2D eigenvalue weighted by Crippen LogP contribution is 2.44. The Balaban J connectivity index is 1.85. The number of hydrogen-bond acceptors (Lipinski definition) is 4. The molecule has 166 valence electrons. The number of rotatable bonds is 6. The monoisotopic (exact) mass is 485 g/mol. The van der Waals surface area contributed by atoms with Gasteiger partial charge in [0.1, 0.15) is 5.75 Å². The zero-order valence-corrected chi connectivity index (χ0v) is 20.8. The summed E-state index contributed by atoms with van der Waals surface area (Å²) < 4.78 is 6.09. The molecule has 1 aliphatic heterocycles. The van der Waals surface area contributed by atoms with Crippen molar-refractivity contribution in [2.45, 2.75) is 58.9 Å². The van der Waals surface area contributed by atoms with E-state index in [0.29, 0.717) is 17.2 Å². The molecule has 3 rings (SSSR count). The summed E-state index contributed by atoms with van der Waals surface area (Å²) in [5, 5.41) is 4.23. The Morgan fingerprint density at radius 3 is 2.77 bits per heavy atom. The molecule has 1 amide bonds.